The zero-order valence-corrected chi connectivity index (χ0v) is 11.8. The summed E-state index contributed by atoms with van der Waals surface area (Å²) in [7, 11) is 0. The van der Waals surface area contributed by atoms with E-state index < -0.39 is 15.4 Å². The summed E-state index contributed by atoms with van der Waals surface area (Å²) in [5.74, 6) is 0. The molecule has 2 bridgehead atoms. The van der Waals surface area contributed by atoms with Crippen LogP contribution in [0.25, 0.3) is 0 Å². The van der Waals surface area contributed by atoms with Gasteiger partial charge < -0.3 is 0 Å². The second-order valence-corrected chi connectivity index (χ2v) is 7.09. The number of benzene rings is 1. The maximum atomic E-state index is 5.80. The third-order valence-electron chi connectivity index (χ3n) is 3.18. The van der Waals surface area contributed by atoms with Crippen molar-refractivity contribution in [3.63, 3.8) is 0 Å². The fraction of sp³-hybridized carbons (Fsp3) is 0.500. The van der Waals surface area contributed by atoms with Gasteiger partial charge in [0.25, 0.3) is 0 Å². The molecule has 1 aromatic carbocycles. The van der Waals surface area contributed by atoms with Crippen LogP contribution < -0.4 is 0 Å². The predicted molar refractivity (Wildman–Crippen MR) is 64.4 cm³/mol. The zero-order chi connectivity index (χ0) is 11.5. The van der Waals surface area contributed by atoms with Crippen LogP contribution in [-0.4, -0.2) is 53.2 Å². The first kappa shape index (κ1) is 11.7. The Labute approximate surface area is 107 Å². The number of hydrogen-bond donors (Lipinski definition) is 0. The molecule has 4 nitrogen and oxygen atoms in total. The van der Waals surface area contributed by atoms with Crippen molar-refractivity contribution in [3.8, 4) is 0 Å². The Hall–Kier alpha value is -0.397. The summed E-state index contributed by atoms with van der Waals surface area (Å²) in [6.45, 7) is 4.11. The van der Waals surface area contributed by atoms with E-state index in [4.69, 9.17) is 11.3 Å². The van der Waals surface area contributed by atoms with E-state index >= 15 is 0 Å². The molecule has 3 saturated heterocycles. The van der Waals surface area contributed by atoms with Crippen LogP contribution in [0.15, 0.2) is 30.3 Å². The molecule has 0 saturated carbocycles. The molecule has 0 aliphatic carbocycles. The zero-order valence-electron chi connectivity index (χ0n) is 9.67. The maximum absolute atomic E-state index is 5.80. The van der Waals surface area contributed by atoms with Crippen molar-refractivity contribution in [2.45, 2.75) is 6.04 Å². The van der Waals surface area contributed by atoms with E-state index in [1.807, 2.05) is 0 Å². The Morgan fingerprint density at radius 3 is 2.41 bits per heavy atom. The molecule has 3 heterocycles. The van der Waals surface area contributed by atoms with Gasteiger partial charge in [-0.1, -0.05) is 0 Å². The molecule has 0 amide bonds. The number of rotatable bonds is 1. The van der Waals surface area contributed by atoms with E-state index in [0.717, 1.165) is 26.3 Å². The summed E-state index contributed by atoms with van der Waals surface area (Å²) < 4.78 is 17.0. The average Bonchev–Trinajstić information content (AvgIpc) is 2.28. The van der Waals surface area contributed by atoms with E-state index in [1.165, 1.54) is 5.56 Å². The first-order valence-corrected chi connectivity index (χ1v) is 8.55. The molecule has 1 radical (unpaired) electrons. The van der Waals surface area contributed by atoms with Gasteiger partial charge in [-0.15, -0.1) is 0 Å². The van der Waals surface area contributed by atoms with Crippen LogP contribution in [0.1, 0.15) is 11.6 Å². The van der Waals surface area contributed by atoms with Gasteiger partial charge in [-0.3, -0.25) is 0 Å². The fourth-order valence-corrected chi connectivity index (χ4v) is 4.50. The van der Waals surface area contributed by atoms with Gasteiger partial charge in [0.1, 0.15) is 0 Å². The second-order valence-electron chi connectivity index (χ2n) is 4.22. The quantitative estimate of drug-likeness (QED) is 0.726. The van der Waals surface area contributed by atoms with Crippen molar-refractivity contribution in [3.05, 3.63) is 35.9 Å². The molecule has 3 aliphatic heterocycles. The Morgan fingerprint density at radius 2 is 1.71 bits per heavy atom. The molecule has 17 heavy (non-hydrogen) atoms. The van der Waals surface area contributed by atoms with Gasteiger partial charge in [0.2, 0.25) is 0 Å². The standard InChI is InChI=1S/C12H16GeNO3/c1-2-4-11(5-3-1)12-10-17-13-15-8-6-14(12)7-9-16-13/h1-5,12H,6-10H2. The SMILES string of the molecule is c1ccc(C2C[O][Ge]3[O]CCN2CC[O]3)cc1. The summed E-state index contributed by atoms with van der Waals surface area (Å²) in [5, 5.41) is 0. The van der Waals surface area contributed by atoms with Crippen molar-refractivity contribution in [1.82, 2.24) is 4.90 Å². The van der Waals surface area contributed by atoms with Gasteiger partial charge in [0, 0.05) is 0 Å². The summed E-state index contributed by atoms with van der Waals surface area (Å²) in [4.78, 5) is 2.39. The van der Waals surface area contributed by atoms with E-state index in [-0.39, 0.29) is 0 Å². The first-order valence-electron chi connectivity index (χ1n) is 5.98. The van der Waals surface area contributed by atoms with Gasteiger partial charge >= 0.3 is 106 Å². The topological polar surface area (TPSA) is 30.9 Å². The number of hydrogen-bond acceptors (Lipinski definition) is 4. The third-order valence-corrected chi connectivity index (χ3v) is 5.87. The Kier molecular flexibility index (Phi) is 3.78. The van der Waals surface area contributed by atoms with Crippen LogP contribution in [0.5, 0.6) is 0 Å². The molecule has 1 aromatic rings. The van der Waals surface area contributed by atoms with Crippen LogP contribution >= 0.6 is 0 Å². The Morgan fingerprint density at radius 1 is 1.00 bits per heavy atom. The molecule has 4 rings (SSSR count). The van der Waals surface area contributed by atoms with Crippen LogP contribution in [-0.2, 0) is 11.3 Å². The summed E-state index contributed by atoms with van der Waals surface area (Å²) in [5.41, 5.74) is 1.33. The minimum absolute atomic E-state index is 0.353. The second kappa shape index (κ2) is 5.50. The minimum atomic E-state index is -2.12. The van der Waals surface area contributed by atoms with Gasteiger partial charge in [0.15, 0.2) is 0 Å². The number of nitrogens with zero attached hydrogens (tertiary/aromatic N) is 1. The van der Waals surface area contributed by atoms with Crippen LogP contribution in [0.4, 0.5) is 0 Å². The molecule has 1 atom stereocenters. The molecule has 5 heteroatoms. The molecular formula is C12H16GeNO3. The van der Waals surface area contributed by atoms with Gasteiger partial charge in [0.05, 0.1) is 0 Å². The van der Waals surface area contributed by atoms with Crippen LogP contribution in [0, 0.1) is 0 Å². The van der Waals surface area contributed by atoms with E-state index in [1.54, 1.807) is 0 Å². The van der Waals surface area contributed by atoms with E-state index in [9.17, 15) is 0 Å². The molecule has 0 spiro atoms. The van der Waals surface area contributed by atoms with Crippen molar-refractivity contribution < 1.29 is 11.3 Å². The third kappa shape index (κ3) is 2.72. The van der Waals surface area contributed by atoms with Crippen LogP contribution in [0.3, 0.4) is 0 Å². The molecule has 1 unspecified atom stereocenters. The summed E-state index contributed by atoms with van der Waals surface area (Å²) >= 11 is -2.12. The van der Waals surface area contributed by atoms with Crippen LogP contribution in [0.2, 0.25) is 0 Å². The monoisotopic (exact) mass is 296 g/mol. The van der Waals surface area contributed by atoms with Crippen molar-refractivity contribution in [2.24, 2.45) is 0 Å². The first-order chi connectivity index (χ1) is 8.43. The molecule has 0 aromatic heterocycles. The Bertz CT molecular complexity index is 352. The van der Waals surface area contributed by atoms with E-state index in [2.05, 4.69) is 35.2 Å². The van der Waals surface area contributed by atoms with Crippen molar-refractivity contribution in [2.75, 3.05) is 32.9 Å². The van der Waals surface area contributed by atoms with E-state index in [0.29, 0.717) is 12.6 Å². The normalized spacial score (nSPS) is 30.6. The molecule has 91 valence electrons. The molecule has 0 N–H and O–H groups in total. The summed E-state index contributed by atoms with van der Waals surface area (Å²) in [6.07, 6.45) is 0. The fourth-order valence-electron chi connectivity index (χ4n) is 2.28. The van der Waals surface area contributed by atoms with Gasteiger partial charge in [-0.25, -0.2) is 0 Å². The molecule has 3 fully saturated rings. The number of fused-ring (bicyclic) bond motifs is 6. The van der Waals surface area contributed by atoms with Crippen molar-refractivity contribution >= 4 is 15.4 Å². The molecular weight excluding hydrogens is 279 g/mol. The average molecular weight is 295 g/mol. The van der Waals surface area contributed by atoms with Crippen molar-refractivity contribution in [1.29, 1.82) is 0 Å². The van der Waals surface area contributed by atoms with Gasteiger partial charge in [-0.2, -0.15) is 0 Å². The van der Waals surface area contributed by atoms with Gasteiger partial charge in [-0.05, 0) is 0 Å². The summed E-state index contributed by atoms with van der Waals surface area (Å²) in [6, 6.07) is 10.9. The Balaban J connectivity index is 1.83. The molecule has 3 aliphatic rings. The predicted octanol–water partition coefficient (Wildman–Crippen LogP) is 1.09.